The van der Waals surface area contributed by atoms with E-state index in [9.17, 15) is 9.90 Å². The highest BCUT2D eigenvalue weighted by Crippen LogP contribution is 2.46. The van der Waals surface area contributed by atoms with Gasteiger partial charge in [-0.3, -0.25) is 9.89 Å². The van der Waals surface area contributed by atoms with Gasteiger partial charge in [-0.25, -0.2) is 0 Å². The molecule has 37 heavy (non-hydrogen) atoms. The SMILES string of the molecule is CCCCCCOc1ccc(C2c3c(-c4cc(Cl)c(C)cc4O)n[nH]c3C(=O)N2CCOC)cc1OC. The predicted octanol–water partition coefficient (Wildman–Crippen LogP) is 5.90. The third-order valence-electron chi connectivity index (χ3n) is 6.69. The number of carbonyl (C=O) groups is 1. The number of aromatic nitrogens is 2. The molecule has 9 heteroatoms. The molecular weight excluding hydrogens is 494 g/mol. The molecule has 2 N–H and O–H groups in total. The lowest BCUT2D eigenvalue weighted by Crippen LogP contribution is -2.32. The third-order valence-corrected chi connectivity index (χ3v) is 7.10. The minimum atomic E-state index is -0.474. The van der Waals surface area contributed by atoms with Crippen molar-refractivity contribution in [1.82, 2.24) is 15.1 Å². The van der Waals surface area contributed by atoms with Crippen LogP contribution in [0.4, 0.5) is 0 Å². The normalized spacial score (nSPS) is 14.8. The fourth-order valence-corrected chi connectivity index (χ4v) is 4.87. The zero-order valence-electron chi connectivity index (χ0n) is 21.8. The number of hydrogen-bond donors (Lipinski definition) is 2. The van der Waals surface area contributed by atoms with E-state index in [1.54, 1.807) is 31.3 Å². The number of nitrogens with one attached hydrogen (secondary N) is 1. The zero-order valence-corrected chi connectivity index (χ0v) is 22.5. The Morgan fingerprint density at radius 3 is 2.65 bits per heavy atom. The van der Waals surface area contributed by atoms with Crippen LogP contribution in [-0.2, 0) is 4.74 Å². The standard InChI is InChI=1S/C28H34ClN3O5/c1-5-6-7-8-12-37-22-10-9-18(15-23(22)36-4)27-24-25(19-16-20(29)17(2)14-21(19)33)30-31-26(24)28(34)32(27)11-13-35-3/h9-10,14-16,27,33H,5-8,11-13H2,1-4H3,(H,30,31). The minimum absolute atomic E-state index is 0.0436. The maximum absolute atomic E-state index is 13.4. The molecule has 0 radical (unpaired) electrons. The summed E-state index contributed by atoms with van der Waals surface area (Å²) in [7, 11) is 3.20. The van der Waals surface area contributed by atoms with Crippen LogP contribution in [0.3, 0.4) is 0 Å². The fourth-order valence-electron chi connectivity index (χ4n) is 4.71. The van der Waals surface area contributed by atoms with Gasteiger partial charge < -0.3 is 24.2 Å². The van der Waals surface area contributed by atoms with Gasteiger partial charge in [-0.15, -0.1) is 0 Å². The number of halogens is 1. The van der Waals surface area contributed by atoms with Crippen molar-refractivity contribution in [2.24, 2.45) is 0 Å². The van der Waals surface area contributed by atoms with Gasteiger partial charge in [0, 0.05) is 29.8 Å². The number of hydrogen-bond acceptors (Lipinski definition) is 6. The Hall–Kier alpha value is -3.23. The summed E-state index contributed by atoms with van der Waals surface area (Å²) >= 11 is 6.39. The van der Waals surface area contributed by atoms with Gasteiger partial charge in [-0.2, -0.15) is 5.10 Å². The van der Waals surface area contributed by atoms with E-state index in [0.29, 0.717) is 58.8 Å². The Morgan fingerprint density at radius 2 is 1.92 bits per heavy atom. The van der Waals surface area contributed by atoms with Crippen LogP contribution in [0.5, 0.6) is 17.2 Å². The van der Waals surface area contributed by atoms with E-state index in [2.05, 4.69) is 17.1 Å². The number of carbonyl (C=O) groups excluding carboxylic acids is 1. The third kappa shape index (κ3) is 5.40. The first-order valence-electron chi connectivity index (χ1n) is 12.6. The number of methoxy groups -OCH3 is 2. The second-order valence-corrected chi connectivity index (χ2v) is 9.60. The molecule has 1 aliphatic heterocycles. The smallest absolute Gasteiger partial charge is 0.273 e. The lowest BCUT2D eigenvalue weighted by atomic mass is 9.95. The number of fused-ring (bicyclic) bond motifs is 1. The number of H-pyrrole nitrogens is 1. The Balaban J connectivity index is 1.75. The first-order valence-corrected chi connectivity index (χ1v) is 13.0. The molecular formula is C28H34ClN3O5. The number of phenols is 1. The van der Waals surface area contributed by atoms with Gasteiger partial charge >= 0.3 is 0 Å². The van der Waals surface area contributed by atoms with Crippen molar-refractivity contribution >= 4 is 17.5 Å². The fraction of sp³-hybridized carbons (Fsp3) is 0.429. The first kappa shape index (κ1) is 26.8. The quantitative estimate of drug-likeness (QED) is 0.284. The number of ether oxygens (including phenoxy) is 3. The van der Waals surface area contributed by atoms with Crippen molar-refractivity contribution < 1.29 is 24.1 Å². The van der Waals surface area contributed by atoms with Crippen LogP contribution < -0.4 is 9.47 Å². The number of aromatic amines is 1. The Morgan fingerprint density at radius 1 is 1.11 bits per heavy atom. The highest BCUT2D eigenvalue weighted by Gasteiger charge is 2.42. The zero-order chi connectivity index (χ0) is 26.5. The molecule has 0 bridgehead atoms. The molecule has 8 nitrogen and oxygen atoms in total. The molecule has 1 aliphatic rings. The summed E-state index contributed by atoms with van der Waals surface area (Å²) in [6.45, 7) is 5.35. The molecule has 1 aromatic heterocycles. The number of benzene rings is 2. The number of amides is 1. The molecule has 0 fully saturated rings. The van der Waals surface area contributed by atoms with Crippen LogP contribution in [0, 0.1) is 6.92 Å². The van der Waals surface area contributed by atoms with E-state index < -0.39 is 6.04 Å². The van der Waals surface area contributed by atoms with E-state index in [1.807, 2.05) is 25.1 Å². The number of aromatic hydroxyl groups is 1. The van der Waals surface area contributed by atoms with E-state index >= 15 is 0 Å². The summed E-state index contributed by atoms with van der Waals surface area (Å²) in [5.41, 5.74) is 3.56. The van der Waals surface area contributed by atoms with Crippen LogP contribution >= 0.6 is 11.6 Å². The lowest BCUT2D eigenvalue weighted by Gasteiger charge is -2.27. The predicted molar refractivity (Wildman–Crippen MR) is 143 cm³/mol. The molecule has 0 saturated heterocycles. The maximum Gasteiger partial charge on any atom is 0.273 e. The minimum Gasteiger partial charge on any atom is -0.507 e. The molecule has 0 saturated carbocycles. The Bertz CT molecular complexity index is 1260. The number of unbranched alkanes of at least 4 members (excludes halogenated alkanes) is 3. The molecule has 0 spiro atoms. The average Bonchev–Trinajstić information content (AvgIpc) is 3.43. The summed E-state index contributed by atoms with van der Waals surface area (Å²) < 4.78 is 17.0. The summed E-state index contributed by atoms with van der Waals surface area (Å²) in [4.78, 5) is 15.2. The number of nitrogens with zero attached hydrogens (tertiary/aromatic N) is 2. The van der Waals surface area contributed by atoms with Gasteiger partial charge in [0.1, 0.15) is 17.1 Å². The van der Waals surface area contributed by atoms with Crippen molar-refractivity contribution in [1.29, 1.82) is 0 Å². The van der Waals surface area contributed by atoms with Gasteiger partial charge in [0.25, 0.3) is 5.91 Å². The molecule has 3 aromatic rings. The van der Waals surface area contributed by atoms with Gasteiger partial charge in [-0.1, -0.05) is 43.9 Å². The number of aryl methyl sites for hydroxylation is 1. The summed E-state index contributed by atoms with van der Waals surface area (Å²) in [6, 6.07) is 8.52. The molecule has 1 amide bonds. The summed E-state index contributed by atoms with van der Waals surface area (Å²) in [5, 5.41) is 18.6. The van der Waals surface area contributed by atoms with E-state index in [-0.39, 0.29) is 11.7 Å². The molecule has 0 aliphatic carbocycles. The van der Waals surface area contributed by atoms with Crippen LogP contribution in [-0.4, -0.2) is 60.1 Å². The molecule has 4 rings (SSSR count). The van der Waals surface area contributed by atoms with Crippen LogP contribution in [0.1, 0.15) is 65.8 Å². The molecule has 1 atom stereocenters. The topological polar surface area (TPSA) is 96.9 Å². The second-order valence-electron chi connectivity index (χ2n) is 9.19. The van der Waals surface area contributed by atoms with Gasteiger partial charge in [0.2, 0.25) is 0 Å². The molecule has 1 unspecified atom stereocenters. The average molecular weight is 528 g/mol. The Labute approximate surface area is 222 Å². The number of rotatable bonds is 12. The molecule has 2 aromatic carbocycles. The monoisotopic (exact) mass is 527 g/mol. The highest BCUT2D eigenvalue weighted by atomic mass is 35.5. The molecule has 2 heterocycles. The van der Waals surface area contributed by atoms with Crippen LogP contribution in [0.2, 0.25) is 5.02 Å². The first-order chi connectivity index (χ1) is 17.9. The van der Waals surface area contributed by atoms with Gasteiger partial charge in [-0.05, 0) is 48.7 Å². The van der Waals surface area contributed by atoms with Gasteiger partial charge in [0.05, 0.1) is 26.4 Å². The summed E-state index contributed by atoms with van der Waals surface area (Å²) in [6.07, 6.45) is 4.45. The van der Waals surface area contributed by atoms with Crippen molar-refractivity contribution in [2.45, 2.75) is 45.6 Å². The maximum atomic E-state index is 13.4. The van der Waals surface area contributed by atoms with E-state index in [0.717, 1.165) is 24.0 Å². The Kier molecular flexibility index (Phi) is 8.61. The van der Waals surface area contributed by atoms with E-state index in [1.165, 1.54) is 12.8 Å². The highest BCUT2D eigenvalue weighted by molar-refractivity contribution is 6.31. The van der Waals surface area contributed by atoms with Crippen LogP contribution in [0.15, 0.2) is 30.3 Å². The van der Waals surface area contributed by atoms with Gasteiger partial charge in [0.15, 0.2) is 11.5 Å². The molecule has 198 valence electrons. The second kappa shape index (κ2) is 11.9. The lowest BCUT2D eigenvalue weighted by molar-refractivity contribution is 0.0677. The van der Waals surface area contributed by atoms with Crippen molar-refractivity contribution in [3.8, 4) is 28.5 Å². The van der Waals surface area contributed by atoms with Crippen molar-refractivity contribution in [2.75, 3.05) is 34.0 Å². The summed E-state index contributed by atoms with van der Waals surface area (Å²) in [5.74, 6) is 1.10. The van der Waals surface area contributed by atoms with Crippen molar-refractivity contribution in [3.63, 3.8) is 0 Å². The number of phenolic OH excluding ortho intramolecular Hbond substituents is 1. The van der Waals surface area contributed by atoms with Crippen LogP contribution in [0.25, 0.3) is 11.3 Å². The largest absolute Gasteiger partial charge is 0.507 e. The van der Waals surface area contributed by atoms with E-state index in [4.69, 9.17) is 25.8 Å². The van der Waals surface area contributed by atoms with Crippen molar-refractivity contribution in [3.05, 3.63) is 57.7 Å².